The van der Waals surface area contributed by atoms with Gasteiger partial charge in [-0.2, -0.15) is 0 Å². The van der Waals surface area contributed by atoms with E-state index in [4.69, 9.17) is 9.47 Å². The van der Waals surface area contributed by atoms with Crippen molar-refractivity contribution < 1.29 is 23.5 Å². The van der Waals surface area contributed by atoms with Crippen molar-refractivity contribution in [3.05, 3.63) is 29.8 Å². The molecule has 7 heteroatoms. The van der Waals surface area contributed by atoms with Gasteiger partial charge in [-0.1, -0.05) is 0 Å². The molecule has 1 saturated heterocycles. The molecule has 2 heterocycles. The molecule has 2 atom stereocenters. The highest BCUT2D eigenvalue weighted by atomic mass is 19.1. The number of hydrogen-bond donors (Lipinski definition) is 0. The molecule has 6 nitrogen and oxygen atoms in total. The monoisotopic (exact) mass is 352 g/mol. The van der Waals surface area contributed by atoms with Crippen LogP contribution in [0.4, 0.5) is 9.18 Å². The Bertz CT molecular complexity index is 659. The van der Waals surface area contributed by atoms with E-state index in [0.29, 0.717) is 18.4 Å². The number of pyridine rings is 1. The number of halogens is 1. The molecule has 0 N–H and O–H groups in total. The minimum Gasteiger partial charge on any atom is -0.464 e. The molecule has 1 amide bonds. The van der Waals surface area contributed by atoms with Crippen molar-refractivity contribution in [2.45, 2.75) is 64.6 Å². The second-order valence-corrected chi connectivity index (χ2v) is 7.34. The third-order valence-electron chi connectivity index (χ3n) is 4.16. The quantitative estimate of drug-likeness (QED) is 0.777. The van der Waals surface area contributed by atoms with Crippen LogP contribution in [0.2, 0.25) is 0 Å². The lowest BCUT2D eigenvalue weighted by Gasteiger charge is -2.37. The van der Waals surface area contributed by atoms with Crippen molar-refractivity contribution in [2.24, 2.45) is 0 Å². The Hall–Kier alpha value is -2.18. The number of carbonyl (C=O) groups excluding carboxylic acids is 2. The minimum absolute atomic E-state index is 0.211. The Balaban J connectivity index is 2.42. The van der Waals surface area contributed by atoms with Crippen LogP contribution in [-0.2, 0) is 14.3 Å². The predicted molar refractivity (Wildman–Crippen MR) is 89.3 cm³/mol. The summed E-state index contributed by atoms with van der Waals surface area (Å²) >= 11 is 0. The molecule has 0 unspecified atom stereocenters. The van der Waals surface area contributed by atoms with Crippen molar-refractivity contribution in [2.75, 3.05) is 6.61 Å². The zero-order chi connectivity index (χ0) is 18.8. The molecule has 1 aliphatic heterocycles. The van der Waals surface area contributed by atoms with Crippen LogP contribution in [0.5, 0.6) is 0 Å². The van der Waals surface area contributed by atoms with Crippen molar-refractivity contribution >= 4 is 12.1 Å². The van der Waals surface area contributed by atoms with Crippen LogP contribution >= 0.6 is 0 Å². The third kappa shape index (κ3) is 4.08. The number of likely N-dealkylation sites (tertiary alicyclic amines) is 1. The molecule has 0 saturated carbocycles. The van der Waals surface area contributed by atoms with Crippen LogP contribution in [0.1, 0.15) is 59.1 Å². The van der Waals surface area contributed by atoms with Crippen LogP contribution in [0.25, 0.3) is 0 Å². The molecule has 0 aliphatic carbocycles. The number of aromatic nitrogens is 1. The molecule has 138 valence electrons. The molecule has 0 spiro atoms. The zero-order valence-electron chi connectivity index (χ0n) is 15.3. The van der Waals surface area contributed by atoms with Crippen molar-refractivity contribution in [1.29, 1.82) is 0 Å². The number of carbonyl (C=O) groups is 2. The van der Waals surface area contributed by atoms with E-state index in [-0.39, 0.29) is 6.61 Å². The molecule has 1 aliphatic rings. The van der Waals surface area contributed by atoms with Gasteiger partial charge in [0.05, 0.1) is 18.8 Å². The molecular weight excluding hydrogens is 327 g/mol. The van der Waals surface area contributed by atoms with E-state index in [1.165, 1.54) is 17.2 Å². The fourth-order valence-electron chi connectivity index (χ4n) is 3.06. The maximum atomic E-state index is 13.6. The zero-order valence-corrected chi connectivity index (χ0v) is 15.3. The second-order valence-electron chi connectivity index (χ2n) is 7.34. The van der Waals surface area contributed by atoms with Crippen LogP contribution in [0, 0.1) is 5.82 Å². The van der Waals surface area contributed by atoms with Gasteiger partial charge in [0.15, 0.2) is 0 Å². The molecule has 0 bridgehead atoms. The predicted octanol–water partition coefficient (Wildman–Crippen LogP) is 3.61. The van der Waals surface area contributed by atoms with Gasteiger partial charge >= 0.3 is 12.1 Å². The molecule has 1 aromatic heterocycles. The van der Waals surface area contributed by atoms with Crippen LogP contribution in [0.15, 0.2) is 18.5 Å². The largest absolute Gasteiger partial charge is 0.464 e. The van der Waals surface area contributed by atoms with Gasteiger partial charge in [-0.25, -0.2) is 14.0 Å². The highest BCUT2D eigenvalue weighted by molar-refractivity contribution is 5.86. The first-order chi connectivity index (χ1) is 11.6. The van der Waals surface area contributed by atoms with Gasteiger partial charge in [-0.15, -0.1) is 0 Å². The lowest BCUT2D eigenvalue weighted by atomic mass is 9.99. The van der Waals surface area contributed by atoms with Crippen molar-refractivity contribution in [1.82, 2.24) is 9.88 Å². The number of ether oxygens (including phenoxy) is 2. The highest BCUT2D eigenvalue weighted by Crippen LogP contribution is 2.44. The molecule has 1 aromatic rings. The summed E-state index contributed by atoms with van der Waals surface area (Å²) in [5.41, 5.74) is -1.37. The summed E-state index contributed by atoms with van der Waals surface area (Å²) in [6, 6.07) is 0.818. The molecule has 25 heavy (non-hydrogen) atoms. The van der Waals surface area contributed by atoms with Gasteiger partial charge in [-0.3, -0.25) is 9.88 Å². The van der Waals surface area contributed by atoms with Crippen molar-refractivity contribution in [3.63, 3.8) is 0 Å². The normalized spacial score (nSPS) is 23.4. The summed E-state index contributed by atoms with van der Waals surface area (Å²) in [4.78, 5) is 30.6. The molecule has 0 aromatic carbocycles. The number of nitrogens with zero attached hydrogens (tertiary/aromatic N) is 2. The first-order valence-corrected chi connectivity index (χ1v) is 8.38. The summed E-state index contributed by atoms with van der Waals surface area (Å²) in [7, 11) is 0. The van der Waals surface area contributed by atoms with Gasteiger partial charge in [0, 0.05) is 6.20 Å². The van der Waals surface area contributed by atoms with Crippen LogP contribution < -0.4 is 0 Å². The minimum atomic E-state index is -1.17. The highest BCUT2D eigenvalue weighted by Gasteiger charge is 2.53. The van der Waals surface area contributed by atoms with E-state index < -0.39 is 35.1 Å². The van der Waals surface area contributed by atoms with E-state index in [0.717, 1.165) is 6.20 Å². The van der Waals surface area contributed by atoms with Gasteiger partial charge in [-0.05, 0) is 59.1 Å². The molecule has 0 radical (unpaired) electrons. The van der Waals surface area contributed by atoms with Crippen molar-refractivity contribution in [3.8, 4) is 0 Å². The SMILES string of the molecule is CCOC(=O)[C@]1(C)CC[C@H](c2cncc(F)c2)N1C(=O)OC(C)(C)C. The summed E-state index contributed by atoms with van der Waals surface area (Å²) in [6.07, 6.45) is 2.85. The topological polar surface area (TPSA) is 68.7 Å². The Kier molecular flexibility index (Phi) is 5.34. The maximum absolute atomic E-state index is 13.6. The Morgan fingerprint density at radius 3 is 2.64 bits per heavy atom. The van der Waals surface area contributed by atoms with Gasteiger partial charge in [0.2, 0.25) is 0 Å². The molecule has 2 rings (SSSR count). The Labute approximate surface area is 147 Å². The van der Waals surface area contributed by atoms with Gasteiger partial charge in [0.1, 0.15) is 17.0 Å². The lowest BCUT2D eigenvalue weighted by molar-refractivity contribution is -0.155. The smallest absolute Gasteiger partial charge is 0.411 e. The van der Waals surface area contributed by atoms with E-state index in [2.05, 4.69) is 4.98 Å². The average molecular weight is 352 g/mol. The number of rotatable bonds is 3. The van der Waals surface area contributed by atoms with Crippen LogP contribution in [0.3, 0.4) is 0 Å². The fourth-order valence-corrected chi connectivity index (χ4v) is 3.06. The first-order valence-electron chi connectivity index (χ1n) is 8.38. The summed E-state index contributed by atoms with van der Waals surface area (Å²) in [6.45, 7) is 8.83. The van der Waals surface area contributed by atoms with E-state index in [1.807, 2.05) is 0 Å². The lowest BCUT2D eigenvalue weighted by Crippen LogP contribution is -2.53. The van der Waals surface area contributed by atoms with Gasteiger partial charge in [0.25, 0.3) is 0 Å². The Morgan fingerprint density at radius 1 is 1.40 bits per heavy atom. The molecular formula is C18H25FN2O4. The van der Waals surface area contributed by atoms with Crippen LogP contribution in [-0.4, -0.2) is 39.7 Å². The standard InChI is InChI=1S/C18H25FN2O4/c1-6-24-15(22)18(5)8-7-14(12-9-13(19)11-20-10-12)21(18)16(23)25-17(2,3)4/h9-11,14H,6-8H2,1-5H3/t14-,18+/m1/s1. The summed E-state index contributed by atoms with van der Waals surface area (Å²) < 4.78 is 24.3. The number of esters is 1. The third-order valence-corrected chi connectivity index (χ3v) is 4.16. The second kappa shape index (κ2) is 6.98. The number of hydrogen-bond acceptors (Lipinski definition) is 5. The van der Waals surface area contributed by atoms with E-state index >= 15 is 0 Å². The van der Waals surface area contributed by atoms with Gasteiger partial charge < -0.3 is 9.47 Å². The van der Waals surface area contributed by atoms with E-state index in [1.54, 1.807) is 34.6 Å². The van der Waals surface area contributed by atoms with E-state index in [9.17, 15) is 14.0 Å². The first kappa shape index (κ1) is 19.1. The maximum Gasteiger partial charge on any atom is 0.411 e. The molecule has 1 fully saturated rings. The average Bonchev–Trinajstić information content (AvgIpc) is 2.85. The summed E-state index contributed by atoms with van der Waals surface area (Å²) in [5.74, 6) is -0.987. The number of amides is 1. The fraction of sp³-hybridized carbons (Fsp3) is 0.611. The summed E-state index contributed by atoms with van der Waals surface area (Å²) in [5, 5.41) is 0. The Morgan fingerprint density at radius 2 is 2.08 bits per heavy atom.